The lowest BCUT2D eigenvalue weighted by molar-refractivity contribution is -0.000389. The molecule has 24 heavy (non-hydrogen) atoms. The number of aryl methyl sites for hydroxylation is 1. The Bertz CT molecular complexity index is 705. The fraction of sp³-hybridized carbons (Fsp3) is 0.500. The molecular weight excluding hydrogens is 310 g/mol. The summed E-state index contributed by atoms with van der Waals surface area (Å²) in [5, 5.41) is 14.7. The van der Waals surface area contributed by atoms with Gasteiger partial charge in [0.25, 0.3) is 5.91 Å². The van der Waals surface area contributed by atoms with E-state index in [0.717, 1.165) is 18.8 Å². The molecule has 1 amide bonds. The van der Waals surface area contributed by atoms with Crippen LogP contribution in [0.3, 0.4) is 0 Å². The second-order valence-corrected chi connectivity index (χ2v) is 6.30. The first kappa shape index (κ1) is 16.4. The van der Waals surface area contributed by atoms with E-state index in [1.165, 1.54) is 4.90 Å². The van der Waals surface area contributed by atoms with Crippen LogP contribution in [0.25, 0.3) is 0 Å². The van der Waals surface area contributed by atoms with Gasteiger partial charge < -0.3 is 19.4 Å². The molecule has 1 saturated heterocycles. The summed E-state index contributed by atoms with van der Waals surface area (Å²) in [5.41, 5.74) is -0.751. The van der Waals surface area contributed by atoms with Crippen LogP contribution in [0.2, 0.25) is 0 Å². The maximum absolute atomic E-state index is 12.4. The Morgan fingerprint density at radius 3 is 3.00 bits per heavy atom. The van der Waals surface area contributed by atoms with Gasteiger partial charge >= 0.3 is 0 Å². The molecule has 1 atom stereocenters. The van der Waals surface area contributed by atoms with Crippen LogP contribution in [0.15, 0.2) is 29.2 Å². The molecule has 1 N–H and O–H groups in total. The normalized spacial score (nSPS) is 20.9. The number of hydrogen-bond donors (Lipinski definition) is 1. The van der Waals surface area contributed by atoms with Crippen molar-refractivity contribution in [1.29, 1.82) is 0 Å². The first-order chi connectivity index (χ1) is 11.5. The Morgan fingerprint density at radius 1 is 1.50 bits per heavy atom. The number of β-amino-alcohol motifs (C(OH)–C–C–N with tert-alkyl or cyclic N) is 1. The minimum absolute atomic E-state index is 0.217. The molecule has 0 radical (unpaired) electrons. The smallest absolute Gasteiger partial charge is 0.275 e. The highest BCUT2D eigenvalue weighted by molar-refractivity contribution is 5.92. The highest BCUT2D eigenvalue weighted by Gasteiger charge is 2.36. The van der Waals surface area contributed by atoms with Crippen LogP contribution in [0.5, 0.6) is 0 Å². The molecule has 3 rings (SSSR count). The van der Waals surface area contributed by atoms with Crippen molar-refractivity contribution in [3.05, 3.63) is 36.1 Å². The fourth-order valence-electron chi connectivity index (χ4n) is 3.07. The van der Waals surface area contributed by atoms with E-state index in [1.54, 1.807) is 38.6 Å². The van der Waals surface area contributed by atoms with E-state index in [4.69, 9.17) is 4.52 Å². The summed E-state index contributed by atoms with van der Waals surface area (Å²) in [5.74, 6) is 1.05. The Balaban J connectivity index is 1.67. The monoisotopic (exact) mass is 331 g/mol. The molecule has 0 bridgehead atoms. The summed E-state index contributed by atoms with van der Waals surface area (Å²) in [6, 6.07) is 1.59. The van der Waals surface area contributed by atoms with Crippen molar-refractivity contribution in [3.8, 4) is 0 Å². The van der Waals surface area contributed by atoms with Gasteiger partial charge in [-0.3, -0.25) is 9.78 Å². The number of amides is 1. The van der Waals surface area contributed by atoms with E-state index in [2.05, 4.69) is 15.1 Å². The molecule has 2 aromatic heterocycles. The largest absolute Gasteiger partial charge is 0.386 e. The molecular formula is C16H21N5O3. The number of anilines is 1. The standard InChI is InChI=1S/C16H21N5O3/c1-12-8-13(19-24-12)15(22)20(2)10-16(23)4-3-7-21(11-16)14-9-17-5-6-18-14/h5-6,8-9,23H,3-4,7,10-11H2,1-2H3/t16-/m1/s1. The highest BCUT2D eigenvalue weighted by atomic mass is 16.5. The minimum atomic E-state index is -1.00. The number of hydrogen-bond acceptors (Lipinski definition) is 7. The number of aliphatic hydroxyl groups is 1. The molecule has 8 nitrogen and oxygen atoms in total. The Labute approximate surface area is 140 Å². The van der Waals surface area contributed by atoms with Crippen molar-refractivity contribution in [1.82, 2.24) is 20.0 Å². The van der Waals surface area contributed by atoms with Crippen molar-refractivity contribution in [2.45, 2.75) is 25.4 Å². The minimum Gasteiger partial charge on any atom is -0.386 e. The van der Waals surface area contributed by atoms with Gasteiger partial charge in [0, 0.05) is 38.6 Å². The zero-order valence-corrected chi connectivity index (χ0v) is 13.8. The number of nitrogens with zero attached hydrogens (tertiary/aromatic N) is 5. The number of likely N-dealkylation sites (N-methyl/N-ethyl adjacent to an activating group) is 1. The van der Waals surface area contributed by atoms with Crippen LogP contribution < -0.4 is 4.90 Å². The van der Waals surface area contributed by atoms with Gasteiger partial charge in [-0.1, -0.05) is 5.16 Å². The van der Waals surface area contributed by atoms with Crippen molar-refractivity contribution in [2.75, 3.05) is 31.6 Å². The Morgan fingerprint density at radius 2 is 2.33 bits per heavy atom. The lowest BCUT2D eigenvalue weighted by atomic mass is 9.92. The molecule has 1 aliphatic heterocycles. The Hall–Kier alpha value is -2.48. The molecule has 1 aliphatic rings. The van der Waals surface area contributed by atoms with Crippen LogP contribution in [0, 0.1) is 6.92 Å². The number of carbonyl (C=O) groups excluding carboxylic acids is 1. The maximum atomic E-state index is 12.4. The van der Waals surface area contributed by atoms with E-state index in [1.807, 2.05) is 4.90 Å². The summed E-state index contributed by atoms with van der Waals surface area (Å²) >= 11 is 0. The van der Waals surface area contributed by atoms with Gasteiger partial charge in [0.15, 0.2) is 5.69 Å². The number of piperidine rings is 1. The molecule has 0 saturated carbocycles. The number of carbonyl (C=O) groups is 1. The van der Waals surface area contributed by atoms with Crippen molar-refractivity contribution in [2.24, 2.45) is 0 Å². The van der Waals surface area contributed by atoms with Crippen LogP contribution in [0.1, 0.15) is 29.1 Å². The van der Waals surface area contributed by atoms with Gasteiger partial charge in [0.2, 0.25) is 0 Å². The number of aromatic nitrogens is 3. The van der Waals surface area contributed by atoms with Crippen LogP contribution in [-0.2, 0) is 0 Å². The van der Waals surface area contributed by atoms with Crippen molar-refractivity contribution in [3.63, 3.8) is 0 Å². The van der Waals surface area contributed by atoms with Crippen LogP contribution in [0.4, 0.5) is 5.82 Å². The van der Waals surface area contributed by atoms with Gasteiger partial charge in [0.1, 0.15) is 11.6 Å². The lowest BCUT2D eigenvalue weighted by Gasteiger charge is -2.41. The average Bonchev–Trinajstić information content (AvgIpc) is 3.01. The Kier molecular flexibility index (Phi) is 4.48. The zero-order chi connectivity index (χ0) is 17.2. The molecule has 2 aromatic rings. The molecule has 0 aliphatic carbocycles. The third kappa shape index (κ3) is 3.53. The van der Waals surface area contributed by atoms with E-state index in [-0.39, 0.29) is 18.1 Å². The zero-order valence-electron chi connectivity index (χ0n) is 13.8. The lowest BCUT2D eigenvalue weighted by Crippen LogP contribution is -2.55. The molecule has 128 valence electrons. The molecule has 0 unspecified atom stereocenters. The predicted octanol–water partition coefficient (Wildman–Crippen LogP) is 0.877. The van der Waals surface area contributed by atoms with Crippen molar-refractivity contribution < 1.29 is 14.4 Å². The summed E-state index contributed by atoms with van der Waals surface area (Å²) < 4.78 is 4.94. The second kappa shape index (κ2) is 6.56. The fourth-order valence-corrected chi connectivity index (χ4v) is 3.07. The summed E-state index contributed by atoms with van der Waals surface area (Å²) in [7, 11) is 1.66. The second-order valence-electron chi connectivity index (χ2n) is 6.30. The molecule has 3 heterocycles. The van der Waals surface area contributed by atoms with Gasteiger partial charge in [-0.05, 0) is 19.8 Å². The molecule has 8 heteroatoms. The third-order valence-electron chi connectivity index (χ3n) is 4.15. The highest BCUT2D eigenvalue weighted by Crippen LogP contribution is 2.25. The van der Waals surface area contributed by atoms with Gasteiger partial charge in [-0.2, -0.15) is 0 Å². The summed E-state index contributed by atoms with van der Waals surface area (Å²) in [6.45, 7) is 3.16. The summed E-state index contributed by atoms with van der Waals surface area (Å²) in [4.78, 5) is 24.2. The predicted molar refractivity (Wildman–Crippen MR) is 86.6 cm³/mol. The first-order valence-corrected chi connectivity index (χ1v) is 7.89. The maximum Gasteiger partial charge on any atom is 0.275 e. The van der Waals surface area contributed by atoms with Gasteiger partial charge in [-0.25, -0.2) is 4.98 Å². The number of rotatable bonds is 4. The topological polar surface area (TPSA) is 95.6 Å². The quantitative estimate of drug-likeness (QED) is 0.888. The van der Waals surface area contributed by atoms with E-state index in [0.29, 0.717) is 18.7 Å². The third-order valence-corrected chi connectivity index (χ3v) is 4.15. The molecule has 0 aromatic carbocycles. The van der Waals surface area contributed by atoms with Gasteiger partial charge in [0.05, 0.1) is 18.3 Å². The van der Waals surface area contributed by atoms with Crippen LogP contribution in [-0.4, -0.2) is 63.3 Å². The van der Waals surface area contributed by atoms with Gasteiger partial charge in [-0.15, -0.1) is 0 Å². The van der Waals surface area contributed by atoms with E-state index >= 15 is 0 Å². The first-order valence-electron chi connectivity index (χ1n) is 7.89. The average molecular weight is 331 g/mol. The van der Waals surface area contributed by atoms with E-state index < -0.39 is 5.60 Å². The molecule has 0 spiro atoms. The van der Waals surface area contributed by atoms with Crippen molar-refractivity contribution >= 4 is 11.7 Å². The van der Waals surface area contributed by atoms with Crippen LogP contribution >= 0.6 is 0 Å². The molecule has 1 fully saturated rings. The van der Waals surface area contributed by atoms with E-state index in [9.17, 15) is 9.90 Å². The summed E-state index contributed by atoms with van der Waals surface area (Å²) in [6.07, 6.45) is 6.37. The SMILES string of the molecule is Cc1cc(C(=O)N(C)C[C@]2(O)CCCN(c3cnccn3)C2)no1.